The summed E-state index contributed by atoms with van der Waals surface area (Å²) in [5, 5.41) is 13.9. The monoisotopic (exact) mass is 331 g/mol. The first-order valence-electron chi connectivity index (χ1n) is 6.56. The van der Waals surface area contributed by atoms with Crippen LogP contribution in [0.5, 0.6) is 5.75 Å². The predicted octanol–water partition coefficient (Wildman–Crippen LogP) is 4.17. The fraction of sp³-hybridized carbons (Fsp3) is 0.125. The van der Waals surface area contributed by atoms with Gasteiger partial charge in [-0.05, 0) is 35.7 Å². The van der Waals surface area contributed by atoms with Crippen LogP contribution in [-0.4, -0.2) is 23.2 Å². The van der Waals surface area contributed by atoms with Crippen LogP contribution in [0.25, 0.3) is 21.8 Å². The molecule has 0 saturated heterocycles. The van der Waals surface area contributed by atoms with Crippen molar-refractivity contribution in [2.24, 2.45) is 0 Å². The number of rotatable bonds is 5. The second-order valence-electron chi connectivity index (χ2n) is 4.60. The summed E-state index contributed by atoms with van der Waals surface area (Å²) in [7, 11) is 1.62. The van der Waals surface area contributed by atoms with Gasteiger partial charge in [-0.3, -0.25) is 4.79 Å². The molecule has 3 aromatic rings. The van der Waals surface area contributed by atoms with Crippen LogP contribution in [0, 0.1) is 0 Å². The van der Waals surface area contributed by atoms with Gasteiger partial charge < -0.3 is 9.84 Å². The van der Waals surface area contributed by atoms with Gasteiger partial charge in [0, 0.05) is 21.4 Å². The first-order chi connectivity index (χ1) is 10.7. The molecule has 112 valence electrons. The molecule has 2 aromatic heterocycles. The van der Waals surface area contributed by atoms with Crippen LogP contribution in [0.15, 0.2) is 41.1 Å². The number of aromatic nitrogens is 1. The molecule has 0 bridgehead atoms. The average Bonchev–Trinajstić information content (AvgIpc) is 3.16. The van der Waals surface area contributed by atoms with Gasteiger partial charge in [0.2, 0.25) is 0 Å². The van der Waals surface area contributed by atoms with E-state index < -0.39 is 5.97 Å². The molecular weight excluding hydrogens is 318 g/mol. The third-order valence-corrected chi connectivity index (χ3v) is 4.93. The number of ether oxygens (including phenoxy) is 1. The smallest absolute Gasteiger partial charge is 0.308 e. The zero-order valence-electron chi connectivity index (χ0n) is 11.8. The van der Waals surface area contributed by atoms with Crippen molar-refractivity contribution in [3.8, 4) is 27.6 Å². The van der Waals surface area contributed by atoms with E-state index in [4.69, 9.17) is 9.84 Å². The number of carbonyl (C=O) groups is 1. The maximum absolute atomic E-state index is 11.1. The molecule has 1 aromatic carbocycles. The van der Waals surface area contributed by atoms with Crippen LogP contribution in [-0.2, 0) is 11.2 Å². The van der Waals surface area contributed by atoms with Crippen molar-refractivity contribution in [3.63, 3.8) is 0 Å². The number of hydrogen-bond donors (Lipinski definition) is 1. The number of nitrogens with zero attached hydrogens (tertiary/aromatic N) is 1. The Hall–Kier alpha value is -2.18. The van der Waals surface area contributed by atoms with Crippen molar-refractivity contribution in [1.82, 2.24) is 4.98 Å². The van der Waals surface area contributed by atoms with Crippen molar-refractivity contribution in [1.29, 1.82) is 0 Å². The number of carboxylic acid groups (broad SMARTS) is 1. The lowest BCUT2D eigenvalue weighted by Gasteiger charge is -2.00. The Morgan fingerprint density at radius 3 is 2.59 bits per heavy atom. The Labute approximate surface area is 135 Å². The number of thiazole rings is 1. The number of thiophene rings is 1. The lowest BCUT2D eigenvalue weighted by atomic mass is 10.2. The summed E-state index contributed by atoms with van der Waals surface area (Å²) in [6, 6.07) is 9.57. The molecule has 22 heavy (non-hydrogen) atoms. The lowest BCUT2D eigenvalue weighted by Crippen LogP contribution is -1.99. The molecule has 2 heterocycles. The van der Waals surface area contributed by atoms with Crippen molar-refractivity contribution in [3.05, 3.63) is 46.0 Å². The average molecular weight is 331 g/mol. The van der Waals surface area contributed by atoms with Gasteiger partial charge in [0.15, 0.2) is 0 Å². The molecular formula is C16H13NO3S2. The molecule has 3 rings (SSSR count). The zero-order valence-corrected chi connectivity index (χ0v) is 13.4. The topological polar surface area (TPSA) is 59.4 Å². The van der Waals surface area contributed by atoms with Crippen molar-refractivity contribution in [2.45, 2.75) is 6.42 Å². The summed E-state index contributed by atoms with van der Waals surface area (Å²) >= 11 is 3.00. The van der Waals surface area contributed by atoms with Gasteiger partial charge in [0.1, 0.15) is 10.8 Å². The molecule has 0 radical (unpaired) electrons. The Morgan fingerprint density at radius 1 is 1.23 bits per heavy atom. The Bertz CT molecular complexity index is 776. The van der Waals surface area contributed by atoms with Crippen LogP contribution >= 0.6 is 22.7 Å². The highest BCUT2D eigenvalue weighted by molar-refractivity contribution is 7.15. The summed E-state index contributed by atoms with van der Waals surface area (Å²) in [6.45, 7) is 0. The number of aliphatic carboxylic acids is 1. The highest BCUT2D eigenvalue weighted by Gasteiger charge is 2.17. The van der Waals surface area contributed by atoms with Crippen LogP contribution in [0.1, 0.15) is 4.88 Å². The number of carboxylic acids is 1. The third-order valence-electron chi connectivity index (χ3n) is 3.14. The van der Waals surface area contributed by atoms with E-state index in [9.17, 15) is 4.79 Å². The van der Waals surface area contributed by atoms with E-state index in [-0.39, 0.29) is 6.42 Å². The number of methoxy groups -OCH3 is 1. The van der Waals surface area contributed by atoms with Crippen molar-refractivity contribution < 1.29 is 14.6 Å². The van der Waals surface area contributed by atoms with Crippen LogP contribution in [0.3, 0.4) is 0 Å². The largest absolute Gasteiger partial charge is 0.497 e. The first-order valence-corrected chi connectivity index (χ1v) is 8.32. The van der Waals surface area contributed by atoms with Crippen LogP contribution in [0.2, 0.25) is 0 Å². The lowest BCUT2D eigenvalue weighted by molar-refractivity contribution is -0.136. The van der Waals surface area contributed by atoms with E-state index in [1.54, 1.807) is 18.4 Å². The van der Waals surface area contributed by atoms with Crippen LogP contribution in [0.4, 0.5) is 0 Å². The highest BCUT2D eigenvalue weighted by atomic mass is 32.1. The Balaban J connectivity index is 2.03. The SMILES string of the molecule is COc1ccc(-c2nc(-c3ccsc3)c(CC(=O)O)s2)cc1. The quantitative estimate of drug-likeness (QED) is 0.762. The van der Waals surface area contributed by atoms with Crippen molar-refractivity contribution in [2.75, 3.05) is 7.11 Å². The minimum atomic E-state index is -0.846. The van der Waals surface area contributed by atoms with E-state index in [1.807, 2.05) is 41.1 Å². The second kappa shape index (κ2) is 6.29. The van der Waals surface area contributed by atoms with Gasteiger partial charge in [-0.15, -0.1) is 11.3 Å². The highest BCUT2D eigenvalue weighted by Crippen LogP contribution is 2.35. The predicted molar refractivity (Wildman–Crippen MR) is 88.8 cm³/mol. The Morgan fingerprint density at radius 2 is 2.00 bits per heavy atom. The molecule has 0 amide bonds. The molecule has 1 N–H and O–H groups in total. The maximum atomic E-state index is 11.1. The second-order valence-corrected chi connectivity index (χ2v) is 6.47. The van der Waals surface area contributed by atoms with Gasteiger partial charge in [0.25, 0.3) is 0 Å². The molecule has 0 saturated carbocycles. The molecule has 0 fully saturated rings. The standard InChI is InChI=1S/C16H13NO3S2/c1-20-12-4-2-10(3-5-12)16-17-15(11-6-7-21-9-11)13(22-16)8-14(18)19/h2-7,9H,8H2,1H3,(H,18,19). The maximum Gasteiger partial charge on any atom is 0.308 e. The minimum absolute atomic E-state index is 0.0149. The Kier molecular flexibility index (Phi) is 4.22. The zero-order chi connectivity index (χ0) is 15.5. The van der Waals surface area contributed by atoms with E-state index in [1.165, 1.54) is 11.3 Å². The van der Waals surface area contributed by atoms with Gasteiger partial charge in [-0.2, -0.15) is 11.3 Å². The third kappa shape index (κ3) is 3.03. The molecule has 0 spiro atoms. The summed E-state index contributed by atoms with van der Waals surface area (Å²) in [5.74, 6) is -0.0643. The molecule has 0 aliphatic heterocycles. The number of benzene rings is 1. The van der Waals surface area contributed by atoms with Gasteiger partial charge in [0.05, 0.1) is 19.2 Å². The molecule has 0 atom stereocenters. The van der Waals surface area contributed by atoms with E-state index >= 15 is 0 Å². The van der Waals surface area contributed by atoms with Crippen molar-refractivity contribution >= 4 is 28.6 Å². The molecule has 0 aliphatic carbocycles. The van der Waals surface area contributed by atoms with E-state index in [0.717, 1.165) is 32.5 Å². The van der Waals surface area contributed by atoms with E-state index in [0.29, 0.717) is 0 Å². The van der Waals surface area contributed by atoms with Gasteiger partial charge in [-0.25, -0.2) is 4.98 Å². The molecule has 4 nitrogen and oxygen atoms in total. The first kappa shape index (κ1) is 14.7. The molecule has 0 aliphatic rings. The fourth-order valence-corrected chi connectivity index (χ4v) is 3.81. The fourth-order valence-electron chi connectivity index (χ4n) is 2.09. The van der Waals surface area contributed by atoms with Gasteiger partial charge >= 0.3 is 5.97 Å². The molecule has 0 unspecified atom stereocenters. The molecule has 6 heteroatoms. The number of hydrogen-bond acceptors (Lipinski definition) is 5. The normalized spacial score (nSPS) is 10.6. The van der Waals surface area contributed by atoms with E-state index in [2.05, 4.69) is 4.98 Å². The minimum Gasteiger partial charge on any atom is -0.497 e. The van der Waals surface area contributed by atoms with Crippen LogP contribution < -0.4 is 4.74 Å². The summed E-state index contributed by atoms with van der Waals surface area (Å²) in [6.07, 6.45) is -0.0149. The summed E-state index contributed by atoms with van der Waals surface area (Å²) in [5.41, 5.74) is 2.69. The summed E-state index contributed by atoms with van der Waals surface area (Å²) < 4.78 is 5.15. The van der Waals surface area contributed by atoms with Gasteiger partial charge in [-0.1, -0.05) is 0 Å². The summed E-state index contributed by atoms with van der Waals surface area (Å²) in [4.78, 5) is 16.5.